The Bertz CT molecular complexity index is 866. The Kier molecular flexibility index (Phi) is 8.76. The number of hydrogen-bond donors (Lipinski definition) is 3. The van der Waals surface area contributed by atoms with Crippen molar-refractivity contribution in [1.29, 1.82) is 0 Å². The molecular formula is C18H22N4O4S2. The average Bonchev–Trinajstić information content (AvgIpc) is 3.09. The van der Waals surface area contributed by atoms with Gasteiger partial charge in [0.1, 0.15) is 6.61 Å². The lowest BCUT2D eigenvalue weighted by Gasteiger charge is -2.04. The Morgan fingerprint density at radius 2 is 2.25 bits per heavy atom. The number of carbonyl (C=O) groups is 2. The summed E-state index contributed by atoms with van der Waals surface area (Å²) in [7, 11) is 0. The third-order valence-electron chi connectivity index (χ3n) is 3.47. The summed E-state index contributed by atoms with van der Waals surface area (Å²) in [4.78, 5) is 27.8. The molecule has 28 heavy (non-hydrogen) atoms. The van der Waals surface area contributed by atoms with E-state index in [1.165, 1.54) is 29.2 Å². The Morgan fingerprint density at radius 1 is 1.43 bits per heavy atom. The first-order valence-corrected chi connectivity index (χ1v) is 10.3. The minimum atomic E-state index is -0.467. The van der Waals surface area contributed by atoms with Gasteiger partial charge in [-0.3, -0.25) is 4.79 Å². The Balaban J connectivity index is 1.84. The molecule has 1 aromatic heterocycles. The molecule has 2 aromatic rings. The number of nitrogens with zero attached hydrogens (tertiary/aromatic N) is 2. The molecule has 1 aromatic carbocycles. The number of rotatable bonds is 10. The lowest BCUT2D eigenvalue weighted by molar-refractivity contribution is -0.116. The maximum Gasteiger partial charge on any atom is 0.407 e. The zero-order chi connectivity index (χ0) is 20.4. The van der Waals surface area contributed by atoms with Crippen molar-refractivity contribution in [2.24, 2.45) is 5.16 Å². The van der Waals surface area contributed by atoms with Crippen molar-refractivity contribution in [1.82, 2.24) is 10.3 Å². The van der Waals surface area contributed by atoms with Crippen molar-refractivity contribution in [3.63, 3.8) is 0 Å². The fourth-order valence-electron chi connectivity index (χ4n) is 2.09. The zero-order valence-corrected chi connectivity index (χ0v) is 17.1. The molecule has 1 heterocycles. The Morgan fingerprint density at radius 3 is 3.00 bits per heavy atom. The van der Waals surface area contributed by atoms with Crippen LogP contribution in [0.3, 0.4) is 0 Å². The van der Waals surface area contributed by atoms with Crippen LogP contribution in [0.4, 0.5) is 10.5 Å². The summed E-state index contributed by atoms with van der Waals surface area (Å²) in [6.07, 6.45) is 1.70. The lowest BCUT2D eigenvalue weighted by atomic mass is 10.2. The van der Waals surface area contributed by atoms with Gasteiger partial charge < -0.3 is 20.6 Å². The van der Waals surface area contributed by atoms with E-state index >= 15 is 0 Å². The van der Waals surface area contributed by atoms with E-state index in [9.17, 15) is 9.59 Å². The number of thioether (sulfide) groups is 1. The van der Waals surface area contributed by atoms with Gasteiger partial charge in [-0.1, -0.05) is 29.6 Å². The number of aromatic nitrogens is 1. The van der Waals surface area contributed by atoms with E-state index in [1.54, 1.807) is 13.0 Å². The van der Waals surface area contributed by atoms with Crippen molar-refractivity contribution < 1.29 is 19.5 Å². The lowest BCUT2D eigenvalue weighted by Crippen LogP contribution is -2.26. The smallest absolute Gasteiger partial charge is 0.407 e. The first kappa shape index (κ1) is 21.7. The molecule has 2 amide bonds. The van der Waals surface area contributed by atoms with E-state index in [-0.39, 0.29) is 18.9 Å². The van der Waals surface area contributed by atoms with E-state index in [0.717, 1.165) is 14.6 Å². The van der Waals surface area contributed by atoms with E-state index in [0.29, 0.717) is 30.1 Å². The number of amides is 2. The van der Waals surface area contributed by atoms with Crippen molar-refractivity contribution >= 4 is 56.7 Å². The minimum Gasteiger partial charge on any atom is -0.445 e. The standard InChI is InChI=1S/C18H22N4O4S2/c1-3-9-26-17(24)19-8-10-27-18-21-14-6-5-13(11-15(14)28-18)20-16(23)7-4-12(2)22-25/h3,5-6,11,25H,1,4,7-10H2,2H3,(H,19,24)(H,20,23). The average molecular weight is 423 g/mol. The second kappa shape index (κ2) is 11.3. The van der Waals surface area contributed by atoms with E-state index < -0.39 is 6.09 Å². The van der Waals surface area contributed by atoms with E-state index in [2.05, 4.69) is 27.4 Å². The number of benzene rings is 1. The summed E-state index contributed by atoms with van der Waals surface area (Å²) >= 11 is 3.06. The predicted molar refractivity (Wildman–Crippen MR) is 113 cm³/mol. The van der Waals surface area contributed by atoms with Gasteiger partial charge >= 0.3 is 6.09 Å². The summed E-state index contributed by atoms with van der Waals surface area (Å²) < 4.78 is 6.68. The fraction of sp³-hybridized carbons (Fsp3) is 0.333. The quantitative estimate of drug-likeness (QED) is 0.134. The summed E-state index contributed by atoms with van der Waals surface area (Å²) in [5.74, 6) is 0.522. The maximum atomic E-state index is 12.0. The zero-order valence-electron chi connectivity index (χ0n) is 15.4. The Labute approximate surface area is 171 Å². The van der Waals surface area contributed by atoms with Crippen LogP contribution >= 0.6 is 23.1 Å². The summed E-state index contributed by atoms with van der Waals surface area (Å²) in [5.41, 5.74) is 2.06. The number of anilines is 1. The fourth-order valence-corrected chi connectivity index (χ4v) is 4.12. The van der Waals surface area contributed by atoms with Crippen LogP contribution in [0, 0.1) is 0 Å². The molecule has 0 aliphatic heterocycles. The molecule has 8 nitrogen and oxygen atoms in total. The molecule has 0 saturated carbocycles. The van der Waals surface area contributed by atoms with Gasteiger partial charge in [-0.2, -0.15) is 0 Å². The van der Waals surface area contributed by atoms with Gasteiger partial charge in [0.15, 0.2) is 4.34 Å². The van der Waals surface area contributed by atoms with Crippen LogP contribution in [0.15, 0.2) is 40.3 Å². The topological polar surface area (TPSA) is 113 Å². The molecule has 0 atom stereocenters. The third kappa shape index (κ3) is 7.20. The van der Waals surface area contributed by atoms with Crippen molar-refractivity contribution in [2.45, 2.75) is 24.1 Å². The molecule has 0 unspecified atom stereocenters. The highest BCUT2D eigenvalue weighted by molar-refractivity contribution is 8.01. The SMILES string of the molecule is C=CCOC(=O)NCCSc1nc2ccc(NC(=O)CCC(C)=NO)cc2s1. The van der Waals surface area contributed by atoms with Crippen LogP contribution < -0.4 is 10.6 Å². The van der Waals surface area contributed by atoms with Crippen LogP contribution in [0.25, 0.3) is 10.2 Å². The first-order chi connectivity index (χ1) is 13.5. The van der Waals surface area contributed by atoms with Gasteiger partial charge in [-0.25, -0.2) is 9.78 Å². The molecule has 0 spiro atoms. The van der Waals surface area contributed by atoms with Gasteiger partial charge in [0.25, 0.3) is 0 Å². The van der Waals surface area contributed by atoms with E-state index in [1.807, 2.05) is 12.1 Å². The van der Waals surface area contributed by atoms with Crippen LogP contribution in [0.2, 0.25) is 0 Å². The van der Waals surface area contributed by atoms with Gasteiger partial charge in [-0.05, 0) is 31.5 Å². The number of nitrogens with one attached hydrogen (secondary N) is 2. The normalized spacial score (nSPS) is 11.2. The predicted octanol–water partition coefficient (Wildman–Crippen LogP) is 3.87. The number of hydrogen-bond acceptors (Lipinski definition) is 8. The highest BCUT2D eigenvalue weighted by Gasteiger charge is 2.08. The van der Waals surface area contributed by atoms with Gasteiger partial charge in [0, 0.05) is 24.4 Å². The molecule has 0 aliphatic carbocycles. The number of fused-ring (bicyclic) bond motifs is 1. The van der Waals surface area contributed by atoms with Crippen molar-refractivity contribution in [2.75, 3.05) is 24.2 Å². The third-order valence-corrected chi connectivity index (χ3v) is 5.63. The molecular weight excluding hydrogens is 400 g/mol. The largest absolute Gasteiger partial charge is 0.445 e. The first-order valence-electron chi connectivity index (χ1n) is 8.54. The molecule has 2 rings (SSSR count). The number of carbonyl (C=O) groups excluding carboxylic acids is 2. The Hall–Kier alpha value is -2.59. The number of thiazole rings is 1. The molecule has 0 saturated heterocycles. The highest BCUT2D eigenvalue weighted by atomic mass is 32.2. The van der Waals surface area contributed by atoms with Crippen LogP contribution in [0.1, 0.15) is 19.8 Å². The van der Waals surface area contributed by atoms with Gasteiger partial charge in [-0.15, -0.1) is 11.3 Å². The molecule has 0 radical (unpaired) electrons. The molecule has 150 valence electrons. The van der Waals surface area contributed by atoms with Crippen molar-refractivity contribution in [3.8, 4) is 0 Å². The van der Waals surface area contributed by atoms with Crippen molar-refractivity contribution in [3.05, 3.63) is 30.9 Å². The van der Waals surface area contributed by atoms with Crippen LogP contribution in [-0.2, 0) is 9.53 Å². The molecule has 0 fully saturated rings. The van der Waals surface area contributed by atoms with E-state index in [4.69, 9.17) is 9.94 Å². The molecule has 3 N–H and O–H groups in total. The molecule has 0 bridgehead atoms. The minimum absolute atomic E-state index is 0.143. The monoisotopic (exact) mass is 422 g/mol. The number of ether oxygens (including phenoxy) is 1. The van der Waals surface area contributed by atoms with Crippen LogP contribution in [0.5, 0.6) is 0 Å². The van der Waals surface area contributed by atoms with Crippen LogP contribution in [-0.4, -0.2) is 46.8 Å². The number of alkyl carbamates (subject to hydrolysis) is 1. The number of oxime groups is 1. The van der Waals surface area contributed by atoms with Gasteiger partial charge in [0.05, 0.1) is 15.9 Å². The summed E-state index contributed by atoms with van der Waals surface area (Å²) in [5, 5.41) is 17.2. The second-order valence-corrected chi connectivity index (χ2v) is 8.08. The summed E-state index contributed by atoms with van der Waals surface area (Å²) in [6.45, 7) is 5.79. The second-order valence-electron chi connectivity index (χ2n) is 5.71. The maximum absolute atomic E-state index is 12.0. The molecule has 0 aliphatic rings. The highest BCUT2D eigenvalue weighted by Crippen LogP contribution is 2.31. The summed E-state index contributed by atoms with van der Waals surface area (Å²) in [6, 6.07) is 5.54. The molecule has 10 heteroatoms. The van der Waals surface area contributed by atoms with Gasteiger partial charge in [0.2, 0.25) is 5.91 Å².